The maximum atomic E-state index is 4.33. The van der Waals surface area contributed by atoms with Gasteiger partial charge in [-0.3, -0.25) is 0 Å². The van der Waals surface area contributed by atoms with E-state index in [-0.39, 0.29) is 0 Å². The quantitative estimate of drug-likeness (QED) is 0.330. The second-order valence-electron chi connectivity index (χ2n) is 7.85. The first-order valence-electron chi connectivity index (χ1n) is 9.00. The van der Waals surface area contributed by atoms with Crippen LogP contribution in [0.5, 0.6) is 0 Å². The molecule has 0 aliphatic heterocycles. The van der Waals surface area contributed by atoms with E-state index in [9.17, 15) is 0 Å². The average molecular weight is 281 g/mol. The van der Waals surface area contributed by atoms with Crippen LogP contribution in [-0.4, -0.2) is 0 Å². The predicted octanol–water partition coefficient (Wildman–Crippen LogP) is 7.25. The van der Waals surface area contributed by atoms with Crippen LogP contribution >= 0.6 is 0 Å². The largest absolute Gasteiger partial charge is 0.0996 e. The first-order chi connectivity index (χ1) is 9.32. The van der Waals surface area contributed by atoms with Crippen molar-refractivity contribution in [1.82, 2.24) is 0 Å². The summed E-state index contributed by atoms with van der Waals surface area (Å²) < 4.78 is 0. The molecule has 0 heterocycles. The molecule has 0 aromatic rings. The summed E-state index contributed by atoms with van der Waals surface area (Å²) in [5.74, 6) is 3.29. The summed E-state index contributed by atoms with van der Waals surface area (Å²) in [5, 5.41) is 0. The molecule has 0 nitrogen and oxygen atoms in total. The summed E-state index contributed by atoms with van der Waals surface area (Å²) in [6.45, 7) is 18.4. The minimum Gasteiger partial charge on any atom is -0.0996 e. The van der Waals surface area contributed by atoms with Crippen molar-refractivity contribution in [2.45, 2.75) is 92.9 Å². The van der Waals surface area contributed by atoms with E-state index < -0.39 is 0 Å². The lowest BCUT2D eigenvalue weighted by Crippen LogP contribution is -2.03. The highest BCUT2D eigenvalue weighted by atomic mass is 14.2. The lowest BCUT2D eigenvalue weighted by molar-refractivity contribution is 0.424. The zero-order valence-electron chi connectivity index (χ0n) is 15.2. The van der Waals surface area contributed by atoms with E-state index in [1.54, 1.807) is 0 Å². The fourth-order valence-electron chi connectivity index (χ4n) is 2.73. The number of allylic oxidation sites excluding steroid dienone is 1. The molecule has 0 heteroatoms. The van der Waals surface area contributed by atoms with E-state index >= 15 is 0 Å². The van der Waals surface area contributed by atoms with Gasteiger partial charge in [0.2, 0.25) is 0 Å². The second kappa shape index (κ2) is 11.4. The van der Waals surface area contributed by atoms with Crippen molar-refractivity contribution in [3.63, 3.8) is 0 Å². The van der Waals surface area contributed by atoms with Gasteiger partial charge < -0.3 is 0 Å². The van der Waals surface area contributed by atoms with E-state index in [1.807, 2.05) is 0 Å². The van der Waals surface area contributed by atoms with Crippen molar-refractivity contribution >= 4 is 0 Å². The molecule has 0 aromatic carbocycles. The fraction of sp³-hybridized carbons (Fsp3) is 0.900. The Balaban J connectivity index is 3.69. The molecule has 0 fully saturated rings. The minimum atomic E-state index is 0.719. The van der Waals surface area contributed by atoms with Gasteiger partial charge in [0.05, 0.1) is 0 Å². The molecule has 0 N–H and O–H groups in total. The number of hydrogen-bond donors (Lipinski definition) is 0. The highest BCUT2D eigenvalue weighted by Crippen LogP contribution is 2.25. The molecule has 0 aliphatic rings. The van der Waals surface area contributed by atoms with Gasteiger partial charge >= 0.3 is 0 Å². The Labute approximate surface area is 129 Å². The molecule has 0 aromatic heterocycles. The molecule has 0 amide bonds. The van der Waals surface area contributed by atoms with Crippen LogP contribution in [0.1, 0.15) is 92.9 Å². The monoisotopic (exact) mass is 280 g/mol. The molecular formula is C20H40. The van der Waals surface area contributed by atoms with E-state index in [4.69, 9.17) is 0 Å². The third-order valence-electron chi connectivity index (χ3n) is 4.55. The van der Waals surface area contributed by atoms with Gasteiger partial charge in [0.1, 0.15) is 0 Å². The smallest absolute Gasteiger partial charge is 0.0234 e. The van der Waals surface area contributed by atoms with Crippen molar-refractivity contribution < 1.29 is 0 Å². The van der Waals surface area contributed by atoms with Crippen LogP contribution in [0, 0.1) is 23.7 Å². The van der Waals surface area contributed by atoms with Crippen LogP contribution in [0.25, 0.3) is 0 Å². The molecule has 0 radical (unpaired) electrons. The molecular weight excluding hydrogens is 240 g/mol. The topological polar surface area (TPSA) is 0 Å². The summed E-state index contributed by atoms with van der Waals surface area (Å²) in [4.78, 5) is 0. The Morgan fingerprint density at radius 2 is 1.20 bits per heavy atom. The summed E-state index contributed by atoms with van der Waals surface area (Å²) in [6.07, 6.45) is 10.8. The van der Waals surface area contributed by atoms with E-state index in [0.29, 0.717) is 0 Å². The van der Waals surface area contributed by atoms with Crippen LogP contribution in [0.3, 0.4) is 0 Å². The molecule has 0 spiro atoms. The van der Waals surface area contributed by atoms with Gasteiger partial charge in [-0.25, -0.2) is 0 Å². The normalized spacial score (nSPS) is 14.8. The van der Waals surface area contributed by atoms with Gasteiger partial charge in [-0.2, -0.15) is 0 Å². The van der Waals surface area contributed by atoms with Crippen LogP contribution < -0.4 is 0 Å². The summed E-state index contributed by atoms with van der Waals surface area (Å²) in [5.41, 5.74) is 1.49. The zero-order chi connectivity index (χ0) is 15.5. The molecule has 0 rings (SSSR count). The SMILES string of the molecule is C=C(CCC(C)CCCC(C)C)C(C)CCCC(C)C. The van der Waals surface area contributed by atoms with Crippen molar-refractivity contribution in [3.05, 3.63) is 12.2 Å². The van der Waals surface area contributed by atoms with Crippen molar-refractivity contribution in [3.8, 4) is 0 Å². The van der Waals surface area contributed by atoms with Gasteiger partial charge in [0.15, 0.2) is 0 Å². The number of rotatable bonds is 12. The van der Waals surface area contributed by atoms with Crippen LogP contribution in [0.2, 0.25) is 0 Å². The van der Waals surface area contributed by atoms with Gasteiger partial charge in [-0.1, -0.05) is 85.8 Å². The molecule has 2 atom stereocenters. The molecule has 0 saturated carbocycles. The minimum absolute atomic E-state index is 0.719. The standard InChI is InChI=1S/C20H40/c1-16(2)10-8-12-18(5)14-15-20(7)19(6)13-9-11-17(3)4/h16-19H,7-15H2,1-6H3. The third kappa shape index (κ3) is 11.6. The van der Waals surface area contributed by atoms with E-state index in [1.165, 1.54) is 56.9 Å². The van der Waals surface area contributed by atoms with Crippen molar-refractivity contribution in [2.24, 2.45) is 23.7 Å². The van der Waals surface area contributed by atoms with Gasteiger partial charge in [0.25, 0.3) is 0 Å². The lowest BCUT2D eigenvalue weighted by Gasteiger charge is -2.18. The van der Waals surface area contributed by atoms with Gasteiger partial charge in [-0.05, 0) is 42.9 Å². The zero-order valence-corrected chi connectivity index (χ0v) is 15.2. The third-order valence-corrected chi connectivity index (χ3v) is 4.55. The Morgan fingerprint density at radius 1 is 0.700 bits per heavy atom. The first kappa shape index (κ1) is 19.7. The number of hydrogen-bond acceptors (Lipinski definition) is 0. The fourth-order valence-corrected chi connectivity index (χ4v) is 2.73. The van der Waals surface area contributed by atoms with Crippen LogP contribution in [0.15, 0.2) is 12.2 Å². The van der Waals surface area contributed by atoms with Crippen molar-refractivity contribution in [2.75, 3.05) is 0 Å². The predicted molar refractivity (Wildman–Crippen MR) is 94.1 cm³/mol. The Hall–Kier alpha value is -0.260. The molecule has 20 heavy (non-hydrogen) atoms. The second-order valence-corrected chi connectivity index (χ2v) is 7.85. The molecule has 120 valence electrons. The average Bonchev–Trinajstić information content (AvgIpc) is 2.34. The summed E-state index contributed by atoms with van der Waals surface area (Å²) >= 11 is 0. The summed E-state index contributed by atoms with van der Waals surface area (Å²) in [7, 11) is 0. The van der Waals surface area contributed by atoms with E-state index in [2.05, 4.69) is 48.1 Å². The lowest BCUT2D eigenvalue weighted by atomic mass is 9.88. The Kier molecular flexibility index (Phi) is 11.3. The van der Waals surface area contributed by atoms with Crippen LogP contribution in [-0.2, 0) is 0 Å². The Morgan fingerprint density at radius 3 is 1.70 bits per heavy atom. The Bertz CT molecular complexity index is 236. The first-order valence-corrected chi connectivity index (χ1v) is 9.00. The maximum Gasteiger partial charge on any atom is -0.0234 e. The molecule has 0 aliphatic carbocycles. The maximum absolute atomic E-state index is 4.33. The highest BCUT2D eigenvalue weighted by molar-refractivity contribution is 4.99. The highest BCUT2D eigenvalue weighted by Gasteiger charge is 2.09. The van der Waals surface area contributed by atoms with Crippen LogP contribution in [0.4, 0.5) is 0 Å². The van der Waals surface area contributed by atoms with E-state index in [0.717, 1.165) is 23.7 Å². The van der Waals surface area contributed by atoms with Gasteiger partial charge in [-0.15, -0.1) is 0 Å². The molecule has 0 saturated heterocycles. The molecule has 2 unspecified atom stereocenters. The molecule has 0 bridgehead atoms. The van der Waals surface area contributed by atoms with Gasteiger partial charge in [0, 0.05) is 0 Å². The summed E-state index contributed by atoms with van der Waals surface area (Å²) in [6, 6.07) is 0. The van der Waals surface area contributed by atoms with Crippen molar-refractivity contribution in [1.29, 1.82) is 0 Å².